The number of nitrogens with zero attached hydrogens (tertiary/aromatic N) is 1. The van der Waals surface area contributed by atoms with Gasteiger partial charge >= 0.3 is 0 Å². The second-order valence-corrected chi connectivity index (χ2v) is 5.84. The van der Waals surface area contributed by atoms with Gasteiger partial charge in [-0.05, 0) is 43.0 Å². The number of para-hydroxylation sites is 1. The van der Waals surface area contributed by atoms with Crippen molar-refractivity contribution >= 4 is 19.4 Å². The van der Waals surface area contributed by atoms with Gasteiger partial charge in [0, 0.05) is 17.3 Å². The number of hydrogen-bond acceptors (Lipinski definition) is 1. The van der Waals surface area contributed by atoms with Crippen LogP contribution in [0.25, 0.3) is 0 Å². The highest BCUT2D eigenvalue weighted by molar-refractivity contribution is 6.13. The van der Waals surface area contributed by atoms with E-state index >= 15 is 0 Å². The third kappa shape index (κ3) is 2.27. The van der Waals surface area contributed by atoms with Gasteiger partial charge in [-0.2, -0.15) is 0 Å². The first kappa shape index (κ1) is 13.9. The summed E-state index contributed by atoms with van der Waals surface area (Å²) in [7, 11) is 2.16. The number of amides is 1. The topological polar surface area (TPSA) is 20.3 Å². The third-order valence-corrected chi connectivity index (χ3v) is 4.46. The van der Waals surface area contributed by atoms with Gasteiger partial charge in [0.2, 0.25) is 0 Å². The van der Waals surface area contributed by atoms with Gasteiger partial charge < -0.3 is 4.90 Å². The minimum absolute atomic E-state index is 0.149. The van der Waals surface area contributed by atoms with E-state index in [2.05, 4.69) is 39.0 Å². The van der Waals surface area contributed by atoms with Crippen LogP contribution in [0.4, 0.5) is 5.69 Å². The van der Waals surface area contributed by atoms with E-state index < -0.39 is 0 Å². The molecule has 0 saturated carbocycles. The summed E-state index contributed by atoms with van der Waals surface area (Å²) in [5, 5.41) is 0. The molecule has 1 unspecified atom stereocenters. The molecule has 0 N–H and O–H groups in total. The number of carbonyl (C=O) groups excluding carboxylic acids is 1. The van der Waals surface area contributed by atoms with Crippen molar-refractivity contribution in [1.29, 1.82) is 0 Å². The van der Waals surface area contributed by atoms with Crippen LogP contribution in [0.3, 0.4) is 0 Å². The van der Waals surface area contributed by atoms with Crippen molar-refractivity contribution in [2.45, 2.75) is 32.6 Å². The highest BCUT2D eigenvalue weighted by Crippen LogP contribution is 2.32. The van der Waals surface area contributed by atoms with E-state index in [0.29, 0.717) is 0 Å². The minimum atomic E-state index is 0.149. The van der Waals surface area contributed by atoms with Crippen LogP contribution >= 0.6 is 0 Å². The molecule has 21 heavy (non-hydrogen) atoms. The van der Waals surface area contributed by atoms with Gasteiger partial charge in [0.15, 0.2) is 0 Å². The first-order valence-electron chi connectivity index (χ1n) is 7.61. The third-order valence-electron chi connectivity index (χ3n) is 4.46. The maximum Gasteiger partial charge on any atom is 0.259 e. The lowest BCUT2D eigenvalue weighted by molar-refractivity contribution is 0.0969. The number of rotatable bonds is 2. The average molecular weight is 277 g/mol. The molecular weight excluding hydrogens is 257 g/mol. The normalized spacial score (nSPS) is 17.7. The Morgan fingerprint density at radius 1 is 1.10 bits per heavy atom. The van der Waals surface area contributed by atoms with E-state index in [-0.39, 0.29) is 11.9 Å². The van der Waals surface area contributed by atoms with Gasteiger partial charge in [-0.15, -0.1) is 0 Å². The fourth-order valence-electron chi connectivity index (χ4n) is 3.30. The van der Waals surface area contributed by atoms with Gasteiger partial charge in [-0.25, -0.2) is 0 Å². The van der Waals surface area contributed by atoms with Gasteiger partial charge in [0.25, 0.3) is 5.91 Å². The molecular formula is C18H20BNO. The Labute approximate surface area is 127 Å². The lowest BCUT2D eigenvalue weighted by Crippen LogP contribution is -2.46. The molecule has 0 aromatic heterocycles. The summed E-state index contributed by atoms with van der Waals surface area (Å²) in [4.78, 5) is 15.1. The maximum atomic E-state index is 13.1. The molecule has 106 valence electrons. The largest absolute Gasteiger partial charge is 0.305 e. The van der Waals surface area contributed by atoms with E-state index in [1.807, 2.05) is 30.0 Å². The Morgan fingerprint density at radius 2 is 1.81 bits per heavy atom. The first-order valence-corrected chi connectivity index (χ1v) is 7.61. The molecule has 0 aliphatic carbocycles. The summed E-state index contributed by atoms with van der Waals surface area (Å²) < 4.78 is 0. The average Bonchev–Trinajstić information content (AvgIpc) is 2.48. The quantitative estimate of drug-likeness (QED) is 0.773. The Balaban J connectivity index is 2.15. The Morgan fingerprint density at radius 3 is 2.52 bits per heavy atom. The minimum Gasteiger partial charge on any atom is -0.305 e. The lowest BCUT2D eigenvalue weighted by atomic mass is 9.84. The van der Waals surface area contributed by atoms with Crippen LogP contribution in [0.15, 0.2) is 42.5 Å². The molecule has 0 saturated heterocycles. The van der Waals surface area contributed by atoms with Crippen molar-refractivity contribution < 1.29 is 4.79 Å². The molecule has 0 fully saturated rings. The molecule has 0 radical (unpaired) electrons. The van der Waals surface area contributed by atoms with Crippen LogP contribution in [-0.4, -0.2) is 19.8 Å². The van der Waals surface area contributed by atoms with Gasteiger partial charge in [0.05, 0.1) is 0 Å². The molecule has 2 aromatic carbocycles. The van der Waals surface area contributed by atoms with Crippen molar-refractivity contribution in [3.63, 3.8) is 0 Å². The van der Waals surface area contributed by atoms with Crippen molar-refractivity contribution in [3.8, 4) is 0 Å². The standard InChI is InChI=1S/C18H20BNO/c1-12-6-3-4-9-16(12)20-15(11-19)10-14-8-5-7-13(2)17(14)18(20)21/h3-9,15H,10-11,19H2,1-2H3. The predicted octanol–water partition coefficient (Wildman–Crippen LogP) is 2.93. The van der Waals surface area contributed by atoms with Crippen molar-refractivity contribution in [3.05, 3.63) is 64.7 Å². The summed E-state index contributed by atoms with van der Waals surface area (Å²) in [6.07, 6.45) is 1.90. The van der Waals surface area contributed by atoms with Crippen LogP contribution in [0.2, 0.25) is 6.32 Å². The zero-order valence-electron chi connectivity index (χ0n) is 12.9. The molecule has 0 bridgehead atoms. The molecule has 3 heteroatoms. The highest BCUT2D eigenvalue weighted by atomic mass is 16.2. The summed E-state index contributed by atoms with van der Waals surface area (Å²) >= 11 is 0. The predicted molar refractivity (Wildman–Crippen MR) is 90.0 cm³/mol. The number of anilines is 1. The van der Waals surface area contributed by atoms with Gasteiger partial charge in [-0.3, -0.25) is 4.79 Å². The number of hydrogen-bond donors (Lipinski definition) is 0. The van der Waals surface area contributed by atoms with Gasteiger partial charge in [-0.1, -0.05) is 42.7 Å². The molecule has 1 aliphatic heterocycles. The Kier molecular flexibility index (Phi) is 3.58. The summed E-state index contributed by atoms with van der Waals surface area (Å²) in [6, 6.07) is 14.6. The van der Waals surface area contributed by atoms with E-state index in [9.17, 15) is 4.79 Å². The maximum absolute atomic E-state index is 13.1. The smallest absolute Gasteiger partial charge is 0.259 e. The number of fused-ring (bicyclic) bond motifs is 1. The van der Waals surface area contributed by atoms with E-state index in [1.54, 1.807) is 0 Å². The molecule has 0 spiro atoms. The molecule has 2 aromatic rings. The van der Waals surface area contributed by atoms with E-state index in [0.717, 1.165) is 35.1 Å². The van der Waals surface area contributed by atoms with Crippen LogP contribution in [0.5, 0.6) is 0 Å². The SMILES string of the molecule is BCC1Cc2cccc(C)c2C(=O)N1c1ccccc1C. The monoisotopic (exact) mass is 277 g/mol. The number of carbonyl (C=O) groups is 1. The second kappa shape index (κ2) is 5.40. The lowest BCUT2D eigenvalue weighted by Gasteiger charge is -2.37. The highest BCUT2D eigenvalue weighted by Gasteiger charge is 2.33. The fraction of sp³-hybridized carbons (Fsp3) is 0.278. The molecule has 2 nitrogen and oxygen atoms in total. The molecule has 1 amide bonds. The Bertz CT molecular complexity index is 695. The first-order chi connectivity index (χ1) is 10.1. The second-order valence-electron chi connectivity index (χ2n) is 5.84. The number of aryl methyl sites for hydroxylation is 2. The molecule has 1 atom stereocenters. The van der Waals surface area contributed by atoms with Crippen LogP contribution in [0, 0.1) is 13.8 Å². The van der Waals surface area contributed by atoms with Gasteiger partial charge in [0.1, 0.15) is 7.85 Å². The zero-order valence-corrected chi connectivity index (χ0v) is 12.9. The molecule has 1 heterocycles. The van der Waals surface area contributed by atoms with Crippen molar-refractivity contribution in [2.75, 3.05) is 4.90 Å². The van der Waals surface area contributed by atoms with E-state index in [4.69, 9.17) is 0 Å². The fourth-order valence-corrected chi connectivity index (χ4v) is 3.30. The number of benzene rings is 2. The van der Waals surface area contributed by atoms with E-state index in [1.165, 1.54) is 5.56 Å². The van der Waals surface area contributed by atoms with Crippen LogP contribution < -0.4 is 4.90 Å². The van der Waals surface area contributed by atoms with Crippen molar-refractivity contribution in [2.24, 2.45) is 0 Å². The zero-order chi connectivity index (χ0) is 15.0. The van der Waals surface area contributed by atoms with Crippen LogP contribution in [0.1, 0.15) is 27.0 Å². The summed E-state index contributed by atoms with van der Waals surface area (Å²) in [5.41, 5.74) is 5.36. The summed E-state index contributed by atoms with van der Waals surface area (Å²) in [5.74, 6) is 0.149. The molecule has 3 rings (SSSR count). The van der Waals surface area contributed by atoms with Crippen molar-refractivity contribution in [1.82, 2.24) is 0 Å². The van der Waals surface area contributed by atoms with Crippen LogP contribution in [-0.2, 0) is 6.42 Å². The Hall–Kier alpha value is -2.03. The summed E-state index contributed by atoms with van der Waals surface area (Å²) in [6.45, 7) is 4.10. The molecule has 1 aliphatic rings.